The number of nitrogens with one attached hydrogen (secondary N) is 2. The summed E-state index contributed by atoms with van der Waals surface area (Å²) in [6.45, 7) is 3.62. The average molecular weight is 515 g/mol. The molecule has 0 bridgehead atoms. The Labute approximate surface area is 211 Å². The van der Waals surface area contributed by atoms with Gasteiger partial charge in [0.25, 0.3) is 11.6 Å². The SMILES string of the molecule is CCn1c(SCC(=O)Nc2cc([N+](=O)[O-])ccc2C)nnc1C(CO)NC(=O)c1ccc(OC)cc1. The second-order valence-corrected chi connectivity index (χ2v) is 8.56. The normalized spacial score (nSPS) is 11.6. The van der Waals surface area contributed by atoms with E-state index < -0.39 is 23.5 Å². The van der Waals surface area contributed by atoms with Gasteiger partial charge in [-0.1, -0.05) is 17.8 Å². The van der Waals surface area contributed by atoms with E-state index in [1.165, 1.54) is 19.2 Å². The van der Waals surface area contributed by atoms with Crippen LogP contribution in [0.4, 0.5) is 11.4 Å². The van der Waals surface area contributed by atoms with Gasteiger partial charge in [0.2, 0.25) is 5.91 Å². The van der Waals surface area contributed by atoms with Gasteiger partial charge in [-0.25, -0.2) is 0 Å². The first kappa shape index (κ1) is 26.6. The van der Waals surface area contributed by atoms with Crippen molar-refractivity contribution in [1.82, 2.24) is 20.1 Å². The quantitative estimate of drug-likeness (QED) is 0.198. The average Bonchev–Trinajstić information content (AvgIpc) is 3.29. The first-order chi connectivity index (χ1) is 17.3. The minimum absolute atomic E-state index is 0.0255. The Balaban J connectivity index is 1.67. The maximum Gasteiger partial charge on any atom is 0.271 e. The van der Waals surface area contributed by atoms with Crippen LogP contribution in [0.5, 0.6) is 5.75 Å². The van der Waals surface area contributed by atoms with Crippen LogP contribution in [-0.2, 0) is 11.3 Å². The number of hydrogen-bond acceptors (Lipinski definition) is 9. The van der Waals surface area contributed by atoms with Crippen LogP contribution in [0.2, 0.25) is 0 Å². The highest BCUT2D eigenvalue weighted by molar-refractivity contribution is 7.99. The molecule has 36 heavy (non-hydrogen) atoms. The largest absolute Gasteiger partial charge is 0.497 e. The van der Waals surface area contributed by atoms with Gasteiger partial charge in [-0.3, -0.25) is 19.7 Å². The Kier molecular flexibility index (Phi) is 8.97. The van der Waals surface area contributed by atoms with Crippen LogP contribution >= 0.6 is 11.8 Å². The molecule has 190 valence electrons. The highest BCUT2D eigenvalue weighted by Crippen LogP contribution is 2.24. The van der Waals surface area contributed by atoms with Crippen LogP contribution in [-0.4, -0.2) is 56.1 Å². The molecule has 13 heteroatoms. The number of aliphatic hydroxyl groups excluding tert-OH is 1. The van der Waals surface area contributed by atoms with E-state index in [9.17, 15) is 24.8 Å². The fourth-order valence-corrected chi connectivity index (χ4v) is 4.12. The summed E-state index contributed by atoms with van der Waals surface area (Å²) in [7, 11) is 1.53. The number of aliphatic hydroxyl groups is 1. The summed E-state index contributed by atoms with van der Waals surface area (Å²) in [6.07, 6.45) is 0. The minimum Gasteiger partial charge on any atom is -0.497 e. The molecule has 1 atom stereocenters. The summed E-state index contributed by atoms with van der Waals surface area (Å²) in [5.41, 5.74) is 1.32. The monoisotopic (exact) mass is 514 g/mol. The fraction of sp³-hybridized carbons (Fsp3) is 0.304. The Morgan fingerprint density at radius 3 is 2.56 bits per heavy atom. The number of thioether (sulfide) groups is 1. The van der Waals surface area contributed by atoms with E-state index in [-0.39, 0.29) is 17.3 Å². The number of amides is 2. The van der Waals surface area contributed by atoms with Crippen molar-refractivity contribution in [2.45, 2.75) is 31.6 Å². The van der Waals surface area contributed by atoms with E-state index in [1.807, 2.05) is 6.92 Å². The third kappa shape index (κ3) is 6.37. The fourth-order valence-electron chi connectivity index (χ4n) is 3.31. The topological polar surface area (TPSA) is 162 Å². The van der Waals surface area contributed by atoms with Gasteiger partial charge in [0.15, 0.2) is 11.0 Å². The molecular formula is C23H26N6O6S. The van der Waals surface area contributed by atoms with Crippen LogP contribution in [0.3, 0.4) is 0 Å². The molecule has 1 heterocycles. The van der Waals surface area contributed by atoms with Gasteiger partial charge >= 0.3 is 0 Å². The number of non-ortho nitro benzene ring substituents is 1. The zero-order valence-electron chi connectivity index (χ0n) is 19.9. The summed E-state index contributed by atoms with van der Waals surface area (Å²) < 4.78 is 6.80. The molecule has 0 aliphatic rings. The lowest BCUT2D eigenvalue weighted by molar-refractivity contribution is -0.384. The number of aromatic nitrogens is 3. The number of aryl methyl sites for hydroxylation is 1. The van der Waals surface area contributed by atoms with Crippen molar-refractivity contribution in [3.63, 3.8) is 0 Å². The predicted molar refractivity (Wildman–Crippen MR) is 133 cm³/mol. The smallest absolute Gasteiger partial charge is 0.271 e. The van der Waals surface area contributed by atoms with Crippen LogP contribution in [0.1, 0.15) is 34.7 Å². The molecule has 3 aromatic rings. The molecule has 0 aliphatic carbocycles. The number of carbonyl (C=O) groups is 2. The van der Waals surface area contributed by atoms with E-state index in [1.54, 1.807) is 41.8 Å². The number of benzene rings is 2. The summed E-state index contributed by atoms with van der Waals surface area (Å²) in [4.78, 5) is 35.6. The van der Waals surface area contributed by atoms with Crippen molar-refractivity contribution in [1.29, 1.82) is 0 Å². The predicted octanol–water partition coefficient (Wildman–Crippen LogP) is 2.72. The van der Waals surface area contributed by atoms with Gasteiger partial charge in [-0.2, -0.15) is 0 Å². The molecule has 0 radical (unpaired) electrons. The van der Waals surface area contributed by atoms with E-state index in [2.05, 4.69) is 20.8 Å². The van der Waals surface area contributed by atoms with Gasteiger partial charge in [-0.05, 0) is 43.7 Å². The second kappa shape index (κ2) is 12.1. The molecule has 0 saturated heterocycles. The summed E-state index contributed by atoms with van der Waals surface area (Å²) in [5, 5.41) is 35.0. The molecule has 1 aromatic heterocycles. The highest BCUT2D eigenvalue weighted by atomic mass is 32.2. The first-order valence-electron chi connectivity index (χ1n) is 10.9. The molecule has 0 aliphatic heterocycles. The number of nitro benzene ring substituents is 1. The summed E-state index contributed by atoms with van der Waals surface area (Å²) >= 11 is 1.12. The number of rotatable bonds is 11. The molecule has 0 spiro atoms. The maximum atomic E-state index is 12.7. The highest BCUT2D eigenvalue weighted by Gasteiger charge is 2.23. The molecule has 0 fully saturated rings. The maximum absolute atomic E-state index is 12.7. The standard InChI is InChI=1S/C23H26N6O6S/c1-4-28-21(19(12-30)25-22(32)15-6-9-17(35-3)10-7-15)26-27-23(28)36-13-20(31)24-18-11-16(29(33)34)8-5-14(18)2/h5-11,19,30H,4,12-13H2,1-3H3,(H,24,31)(H,25,32). The summed E-state index contributed by atoms with van der Waals surface area (Å²) in [5.74, 6) is 0.162. The van der Waals surface area contributed by atoms with Gasteiger partial charge in [0.1, 0.15) is 11.8 Å². The molecule has 2 aromatic carbocycles. The zero-order chi connectivity index (χ0) is 26.2. The van der Waals surface area contributed by atoms with Gasteiger partial charge in [0.05, 0.1) is 30.1 Å². The number of anilines is 1. The van der Waals surface area contributed by atoms with Gasteiger partial charge < -0.3 is 25.0 Å². The van der Waals surface area contributed by atoms with E-state index >= 15 is 0 Å². The number of nitro groups is 1. The molecular weight excluding hydrogens is 488 g/mol. The Morgan fingerprint density at radius 1 is 1.22 bits per heavy atom. The van der Waals surface area contributed by atoms with Crippen LogP contribution in [0.15, 0.2) is 47.6 Å². The summed E-state index contributed by atoms with van der Waals surface area (Å²) in [6, 6.07) is 9.96. The first-order valence-corrected chi connectivity index (χ1v) is 11.9. The Morgan fingerprint density at radius 2 is 1.94 bits per heavy atom. The van der Waals surface area contributed by atoms with Crippen LogP contribution < -0.4 is 15.4 Å². The van der Waals surface area contributed by atoms with Crippen molar-refractivity contribution in [3.05, 3.63) is 69.5 Å². The van der Waals surface area contributed by atoms with Gasteiger partial charge in [-0.15, -0.1) is 10.2 Å². The third-order valence-electron chi connectivity index (χ3n) is 5.25. The van der Waals surface area contributed by atoms with E-state index in [0.717, 1.165) is 11.8 Å². The molecule has 3 rings (SSSR count). The lowest BCUT2D eigenvalue weighted by atomic mass is 10.2. The Bertz CT molecular complexity index is 1250. The van der Waals surface area contributed by atoms with Crippen molar-refractivity contribution in [2.24, 2.45) is 0 Å². The van der Waals surface area contributed by atoms with Gasteiger partial charge in [0, 0.05) is 24.2 Å². The number of methoxy groups -OCH3 is 1. The van der Waals surface area contributed by atoms with E-state index in [4.69, 9.17) is 4.74 Å². The Hall–Kier alpha value is -3.97. The van der Waals surface area contributed by atoms with Crippen molar-refractivity contribution in [2.75, 3.05) is 24.8 Å². The van der Waals surface area contributed by atoms with Crippen LogP contribution in [0, 0.1) is 17.0 Å². The lowest BCUT2D eigenvalue weighted by Gasteiger charge is -2.17. The molecule has 1 unspecified atom stereocenters. The van der Waals surface area contributed by atoms with Crippen molar-refractivity contribution >= 4 is 35.0 Å². The third-order valence-corrected chi connectivity index (χ3v) is 6.22. The lowest BCUT2D eigenvalue weighted by Crippen LogP contribution is -2.32. The number of nitrogens with zero attached hydrogens (tertiary/aromatic N) is 4. The number of hydrogen-bond donors (Lipinski definition) is 3. The second-order valence-electron chi connectivity index (χ2n) is 7.62. The number of carbonyl (C=O) groups excluding carboxylic acids is 2. The minimum atomic E-state index is -0.817. The van der Waals surface area contributed by atoms with Crippen molar-refractivity contribution < 1.29 is 24.4 Å². The molecule has 3 N–H and O–H groups in total. The molecule has 12 nitrogen and oxygen atoms in total. The van der Waals surface area contributed by atoms with E-state index in [0.29, 0.717) is 40.1 Å². The molecule has 2 amide bonds. The van der Waals surface area contributed by atoms with Crippen LogP contribution in [0.25, 0.3) is 0 Å². The number of ether oxygens (including phenoxy) is 1. The molecule has 0 saturated carbocycles. The zero-order valence-corrected chi connectivity index (χ0v) is 20.7. The van der Waals surface area contributed by atoms with Crippen molar-refractivity contribution in [3.8, 4) is 5.75 Å².